The van der Waals surface area contributed by atoms with Crippen LogP contribution in [-0.4, -0.2) is 32.6 Å². The molecule has 1 unspecified atom stereocenters. The molecular weight excluding hydrogens is 250 g/mol. The highest BCUT2D eigenvalue weighted by Gasteiger charge is 2.29. The van der Waals surface area contributed by atoms with E-state index in [0.717, 1.165) is 18.8 Å². The van der Waals surface area contributed by atoms with E-state index in [2.05, 4.69) is 12.2 Å². The molecule has 1 heterocycles. The van der Waals surface area contributed by atoms with Gasteiger partial charge in [-0.05, 0) is 30.7 Å². The fourth-order valence-electron chi connectivity index (χ4n) is 2.00. The Bertz CT molecular complexity index is 481. The van der Waals surface area contributed by atoms with Crippen molar-refractivity contribution in [2.45, 2.75) is 26.0 Å². The lowest BCUT2D eigenvalue weighted by Crippen LogP contribution is -2.17. The van der Waals surface area contributed by atoms with E-state index in [1.807, 2.05) is 24.3 Å². The van der Waals surface area contributed by atoms with Crippen LogP contribution in [0.5, 0.6) is 5.75 Å². The van der Waals surface area contributed by atoms with Gasteiger partial charge in [0.1, 0.15) is 11.9 Å². The van der Waals surface area contributed by atoms with Crippen molar-refractivity contribution in [3.05, 3.63) is 29.8 Å². The summed E-state index contributed by atoms with van der Waals surface area (Å²) in [7, 11) is -2.87. The van der Waals surface area contributed by atoms with Crippen molar-refractivity contribution in [1.29, 1.82) is 0 Å². The van der Waals surface area contributed by atoms with Crippen molar-refractivity contribution in [2.75, 3.05) is 18.1 Å². The second-order valence-electron chi connectivity index (χ2n) is 4.57. The molecule has 1 atom stereocenters. The Morgan fingerprint density at radius 1 is 1.33 bits per heavy atom. The zero-order valence-corrected chi connectivity index (χ0v) is 11.4. The summed E-state index contributed by atoms with van der Waals surface area (Å²) in [5.74, 6) is 1.14. The fraction of sp³-hybridized carbons (Fsp3) is 0.538. The van der Waals surface area contributed by atoms with Gasteiger partial charge in [0.2, 0.25) is 0 Å². The Morgan fingerprint density at radius 3 is 2.61 bits per heavy atom. The Hall–Kier alpha value is -1.07. The van der Waals surface area contributed by atoms with E-state index in [-0.39, 0.29) is 17.6 Å². The Labute approximate surface area is 108 Å². The molecule has 0 amide bonds. The van der Waals surface area contributed by atoms with Crippen LogP contribution >= 0.6 is 0 Å². The standard InChI is InChI=1S/C13H19NO3S/c1-2-14-9-11-3-5-12(6-4-11)17-13-7-8-18(15,16)10-13/h3-6,13-14H,2,7-10H2,1H3. The zero-order valence-electron chi connectivity index (χ0n) is 10.6. The number of sulfone groups is 1. The highest BCUT2D eigenvalue weighted by Crippen LogP contribution is 2.20. The van der Waals surface area contributed by atoms with Crippen LogP contribution in [0.1, 0.15) is 18.9 Å². The molecule has 1 aromatic rings. The molecule has 0 bridgehead atoms. The molecule has 1 saturated heterocycles. The van der Waals surface area contributed by atoms with E-state index >= 15 is 0 Å². The van der Waals surface area contributed by atoms with Crippen molar-refractivity contribution in [3.63, 3.8) is 0 Å². The van der Waals surface area contributed by atoms with Crippen LogP contribution in [0.3, 0.4) is 0 Å². The average Bonchev–Trinajstić information content (AvgIpc) is 2.68. The van der Waals surface area contributed by atoms with Gasteiger partial charge in [-0.3, -0.25) is 0 Å². The normalized spacial score (nSPS) is 21.9. The Morgan fingerprint density at radius 2 is 2.06 bits per heavy atom. The summed E-state index contributed by atoms with van der Waals surface area (Å²) in [6.45, 7) is 3.85. The van der Waals surface area contributed by atoms with Crippen molar-refractivity contribution in [3.8, 4) is 5.75 Å². The van der Waals surface area contributed by atoms with Crippen molar-refractivity contribution < 1.29 is 13.2 Å². The minimum Gasteiger partial charge on any atom is -0.489 e. The summed E-state index contributed by atoms with van der Waals surface area (Å²) in [5, 5.41) is 3.25. The second-order valence-corrected chi connectivity index (χ2v) is 6.80. The molecule has 0 spiro atoms. The van der Waals surface area contributed by atoms with Gasteiger partial charge in [0.25, 0.3) is 0 Å². The number of benzene rings is 1. The van der Waals surface area contributed by atoms with Crippen molar-refractivity contribution >= 4 is 9.84 Å². The van der Waals surface area contributed by atoms with Crippen LogP contribution in [0.2, 0.25) is 0 Å². The molecule has 2 rings (SSSR count). The third-order valence-corrected chi connectivity index (χ3v) is 4.73. The average molecular weight is 269 g/mol. The van der Waals surface area contributed by atoms with Gasteiger partial charge in [0.05, 0.1) is 11.5 Å². The van der Waals surface area contributed by atoms with Crippen LogP contribution in [-0.2, 0) is 16.4 Å². The Kier molecular flexibility index (Phi) is 4.24. The molecule has 1 N–H and O–H groups in total. The molecule has 5 heteroatoms. The maximum Gasteiger partial charge on any atom is 0.154 e. The molecule has 1 aliphatic heterocycles. The quantitative estimate of drug-likeness (QED) is 0.877. The zero-order chi connectivity index (χ0) is 13.0. The smallest absolute Gasteiger partial charge is 0.154 e. The molecule has 0 saturated carbocycles. The number of nitrogens with one attached hydrogen (secondary N) is 1. The maximum absolute atomic E-state index is 11.3. The van der Waals surface area contributed by atoms with Gasteiger partial charge >= 0.3 is 0 Å². The molecule has 100 valence electrons. The first-order chi connectivity index (χ1) is 8.59. The van der Waals surface area contributed by atoms with Gasteiger partial charge < -0.3 is 10.1 Å². The predicted molar refractivity (Wildman–Crippen MR) is 71.5 cm³/mol. The van der Waals surface area contributed by atoms with Gasteiger partial charge in [-0.2, -0.15) is 0 Å². The molecule has 18 heavy (non-hydrogen) atoms. The molecule has 1 aliphatic rings. The van der Waals surface area contributed by atoms with Gasteiger partial charge in [0.15, 0.2) is 9.84 Å². The van der Waals surface area contributed by atoms with Gasteiger partial charge in [-0.1, -0.05) is 19.1 Å². The number of hydrogen-bond donors (Lipinski definition) is 1. The van der Waals surface area contributed by atoms with Crippen molar-refractivity contribution in [2.24, 2.45) is 0 Å². The van der Waals surface area contributed by atoms with Gasteiger partial charge in [-0.25, -0.2) is 8.42 Å². The van der Waals surface area contributed by atoms with Gasteiger partial charge in [0, 0.05) is 6.54 Å². The van der Waals surface area contributed by atoms with E-state index in [9.17, 15) is 8.42 Å². The summed E-state index contributed by atoms with van der Waals surface area (Å²) in [6, 6.07) is 7.80. The summed E-state index contributed by atoms with van der Waals surface area (Å²) in [5.41, 5.74) is 1.20. The second kappa shape index (κ2) is 5.71. The van der Waals surface area contributed by atoms with E-state index in [1.165, 1.54) is 5.56 Å². The third kappa shape index (κ3) is 3.71. The lowest BCUT2D eigenvalue weighted by atomic mass is 10.2. The van der Waals surface area contributed by atoms with Crippen LogP contribution in [0.25, 0.3) is 0 Å². The minimum atomic E-state index is -2.87. The molecule has 1 aromatic carbocycles. The topological polar surface area (TPSA) is 55.4 Å². The fourth-order valence-corrected chi connectivity index (χ4v) is 3.59. The van der Waals surface area contributed by atoms with Crippen LogP contribution in [0, 0.1) is 0 Å². The molecule has 0 aliphatic carbocycles. The first-order valence-electron chi connectivity index (χ1n) is 6.26. The highest BCUT2D eigenvalue weighted by atomic mass is 32.2. The number of ether oxygens (including phenoxy) is 1. The monoisotopic (exact) mass is 269 g/mol. The molecule has 0 aromatic heterocycles. The summed E-state index contributed by atoms with van der Waals surface area (Å²) < 4.78 is 28.3. The summed E-state index contributed by atoms with van der Waals surface area (Å²) in [6.07, 6.45) is 0.413. The van der Waals surface area contributed by atoms with Crippen LogP contribution in [0.4, 0.5) is 0 Å². The van der Waals surface area contributed by atoms with Gasteiger partial charge in [-0.15, -0.1) is 0 Å². The molecule has 0 radical (unpaired) electrons. The number of hydrogen-bond acceptors (Lipinski definition) is 4. The molecule has 4 nitrogen and oxygen atoms in total. The first kappa shape index (κ1) is 13.4. The summed E-state index contributed by atoms with van der Waals surface area (Å²) >= 11 is 0. The first-order valence-corrected chi connectivity index (χ1v) is 8.08. The molecule has 1 fully saturated rings. The largest absolute Gasteiger partial charge is 0.489 e. The van der Waals surface area contributed by atoms with E-state index in [1.54, 1.807) is 0 Å². The molecular formula is C13H19NO3S. The van der Waals surface area contributed by atoms with Crippen LogP contribution < -0.4 is 10.1 Å². The van der Waals surface area contributed by atoms with E-state index < -0.39 is 9.84 Å². The SMILES string of the molecule is CCNCc1ccc(OC2CCS(=O)(=O)C2)cc1. The number of rotatable bonds is 5. The van der Waals surface area contributed by atoms with Crippen molar-refractivity contribution in [1.82, 2.24) is 5.32 Å². The Balaban J connectivity index is 1.90. The lowest BCUT2D eigenvalue weighted by Gasteiger charge is -2.12. The lowest BCUT2D eigenvalue weighted by molar-refractivity contribution is 0.229. The van der Waals surface area contributed by atoms with E-state index in [0.29, 0.717) is 6.42 Å². The van der Waals surface area contributed by atoms with E-state index in [4.69, 9.17) is 4.74 Å². The predicted octanol–water partition coefficient (Wildman–Crippen LogP) is 1.36. The summed E-state index contributed by atoms with van der Waals surface area (Å²) in [4.78, 5) is 0. The minimum absolute atomic E-state index is 0.145. The highest BCUT2D eigenvalue weighted by molar-refractivity contribution is 7.91. The maximum atomic E-state index is 11.3. The third-order valence-electron chi connectivity index (χ3n) is 3.00. The van der Waals surface area contributed by atoms with Crippen LogP contribution in [0.15, 0.2) is 24.3 Å².